The Morgan fingerprint density at radius 1 is 0.200 bits per heavy atom. The standard InChI is InChI=1S/C55H37N5/c1-6-16-38(17-7-1)46-32-49(41-20-10-3-11-21-41)57-53(34-46)54-35-47(39-18-8-2-9-19-39)33-52(58-54)48-31-30-45(37-56-48)40-26-28-44(29-27-40)55-59-50(42-22-12-4-13-23-42)36-51(60-55)43-24-14-5-15-25-43/h1-37H. The SMILES string of the molecule is c1ccc(-c2cc(-c3ccccc3)nc(-c3cc(-c4ccccc4)cc(-c4ccc(-c5ccc(-c6nc(-c7ccccc7)cc(-c7ccccc7)n6)cc5)cn4)n3)c2)cc1. The van der Waals surface area contributed by atoms with Crippen LogP contribution in [0.15, 0.2) is 225 Å². The molecule has 0 saturated carbocycles. The summed E-state index contributed by atoms with van der Waals surface area (Å²) in [6.07, 6.45) is 1.92. The molecule has 0 aliphatic heterocycles. The van der Waals surface area contributed by atoms with E-state index in [-0.39, 0.29) is 0 Å². The van der Waals surface area contributed by atoms with E-state index < -0.39 is 0 Å². The van der Waals surface area contributed by atoms with E-state index in [1.54, 1.807) is 0 Å². The Balaban J connectivity index is 1.00. The molecule has 4 heterocycles. The molecule has 5 nitrogen and oxygen atoms in total. The fourth-order valence-corrected chi connectivity index (χ4v) is 7.42. The molecule has 10 aromatic rings. The van der Waals surface area contributed by atoms with Crippen LogP contribution in [0.5, 0.6) is 0 Å². The Morgan fingerprint density at radius 2 is 0.533 bits per heavy atom. The molecule has 0 fully saturated rings. The fraction of sp³-hybridized carbons (Fsp3) is 0. The van der Waals surface area contributed by atoms with Crippen molar-refractivity contribution in [2.45, 2.75) is 0 Å². The molecule has 4 aromatic heterocycles. The molecule has 6 aromatic carbocycles. The maximum atomic E-state index is 5.24. The molecule has 282 valence electrons. The third-order valence-electron chi connectivity index (χ3n) is 10.6. The van der Waals surface area contributed by atoms with Crippen LogP contribution in [0.25, 0.3) is 101 Å². The van der Waals surface area contributed by atoms with Crippen molar-refractivity contribution < 1.29 is 0 Å². The Kier molecular flexibility index (Phi) is 9.88. The van der Waals surface area contributed by atoms with Crippen molar-refractivity contribution in [2.24, 2.45) is 0 Å². The second kappa shape index (κ2) is 16.4. The van der Waals surface area contributed by atoms with Crippen LogP contribution in [-0.2, 0) is 0 Å². The van der Waals surface area contributed by atoms with Crippen LogP contribution in [0, 0.1) is 0 Å². The average Bonchev–Trinajstić information content (AvgIpc) is 3.35. The summed E-state index contributed by atoms with van der Waals surface area (Å²) in [5.41, 5.74) is 16.2. The first kappa shape index (κ1) is 36.2. The maximum Gasteiger partial charge on any atom is 0.160 e. The van der Waals surface area contributed by atoms with Crippen molar-refractivity contribution in [3.05, 3.63) is 225 Å². The monoisotopic (exact) mass is 767 g/mol. The van der Waals surface area contributed by atoms with Gasteiger partial charge in [-0.25, -0.2) is 19.9 Å². The first-order chi connectivity index (χ1) is 29.7. The Labute approximate surface area is 349 Å². The predicted octanol–water partition coefficient (Wildman–Crippen LogP) is 13.7. The molecular weight excluding hydrogens is 731 g/mol. The smallest absolute Gasteiger partial charge is 0.160 e. The molecule has 5 heteroatoms. The Hall–Kier alpha value is -8.15. The van der Waals surface area contributed by atoms with Crippen LogP contribution in [0.1, 0.15) is 0 Å². The van der Waals surface area contributed by atoms with E-state index in [1.165, 1.54) is 0 Å². The van der Waals surface area contributed by atoms with Gasteiger partial charge in [-0.15, -0.1) is 0 Å². The summed E-state index contributed by atoms with van der Waals surface area (Å²) in [6, 6.07) is 74.7. The molecule has 60 heavy (non-hydrogen) atoms. The van der Waals surface area contributed by atoms with Crippen LogP contribution >= 0.6 is 0 Å². The molecule has 0 saturated heterocycles. The zero-order valence-electron chi connectivity index (χ0n) is 32.6. The van der Waals surface area contributed by atoms with Gasteiger partial charge in [0.1, 0.15) is 0 Å². The molecule has 0 aliphatic carbocycles. The van der Waals surface area contributed by atoms with Crippen LogP contribution in [0.3, 0.4) is 0 Å². The summed E-state index contributed by atoms with van der Waals surface area (Å²) < 4.78 is 0. The highest BCUT2D eigenvalue weighted by molar-refractivity contribution is 5.80. The lowest BCUT2D eigenvalue weighted by Crippen LogP contribution is -1.97. The van der Waals surface area contributed by atoms with Crippen LogP contribution < -0.4 is 0 Å². The van der Waals surface area contributed by atoms with E-state index in [9.17, 15) is 0 Å². The molecule has 0 N–H and O–H groups in total. The molecule has 0 radical (unpaired) electrons. The lowest BCUT2D eigenvalue weighted by molar-refractivity contribution is 1.18. The van der Waals surface area contributed by atoms with Gasteiger partial charge in [0.2, 0.25) is 0 Å². The van der Waals surface area contributed by atoms with Gasteiger partial charge >= 0.3 is 0 Å². The largest absolute Gasteiger partial charge is 0.254 e. The third-order valence-corrected chi connectivity index (χ3v) is 10.6. The maximum absolute atomic E-state index is 5.24. The summed E-state index contributed by atoms with van der Waals surface area (Å²) in [7, 11) is 0. The first-order valence-electron chi connectivity index (χ1n) is 20.0. The van der Waals surface area contributed by atoms with Crippen LogP contribution in [0.2, 0.25) is 0 Å². The van der Waals surface area contributed by atoms with Gasteiger partial charge in [0, 0.05) is 34.0 Å². The highest BCUT2D eigenvalue weighted by Gasteiger charge is 2.15. The van der Waals surface area contributed by atoms with Crippen molar-refractivity contribution in [1.82, 2.24) is 24.9 Å². The van der Waals surface area contributed by atoms with Gasteiger partial charge in [0.05, 0.1) is 39.9 Å². The van der Waals surface area contributed by atoms with Crippen molar-refractivity contribution in [3.8, 4) is 101 Å². The van der Waals surface area contributed by atoms with Gasteiger partial charge in [0.15, 0.2) is 5.82 Å². The summed E-state index contributed by atoms with van der Waals surface area (Å²) >= 11 is 0. The van der Waals surface area contributed by atoms with Crippen molar-refractivity contribution in [2.75, 3.05) is 0 Å². The Bertz CT molecular complexity index is 2910. The quantitative estimate of drug-likeness (QED) is 0.146. The lowest BCUT2D eigenvalue weighted by atomic mass is 9.99. The zero-order chi connectivity index (χ0) is 40.1. The average molecular weight is 768 g/mol. The van der Waals surface area contributed by atoms with E-state index in [0.717, 1.165) is 95.5 Å². The highest BCUT2D eigenvalue weighted by Crippen LogP contribution is 2.34. The van der Waals surface area contributed by atoms with Crippen molar-refractivity contribution >= 4 is 0 Å². The topological polar surface area (TPSA) is 64.5 Å². The number of aromatic nitrogens is 5. The molecule has 0 spiro atoms. The zero-order valence-corrected chi connectivity index (χ0v) is 32.6. The number of nitrogens with zero attached hydrogens (tertiary/aromatic N) is 5. The minimum atomic E-state index is 0.676. The highest BCUT2D eigenvalue weighted by atomic mass is 14.9. The first-order valence-corrected chi connectivity index (χ1v) is 20.0. The van der Waals surface area contributed by atoms with Gasteiger partial charge in [-0.05, 0) is 64.2 Å². The number of benzene rings is 6. The van der Waals surface area contributed by atoms with Gasteiger partial charge in [0.25, 0.3) is 0 Å². The predicted molar refractivity (Wildman–Crippen MR) is 244 cm³/mol. The van der Waals surface area contributed by atoms with Crippen LogP contribution in [0.4, 0.5) is 0 Å². The molecule has 0 aliphatic rings. The molecule has 0 bridgehead atoms. The van der Waals surface area contributed by atoms with E-state index in [2.05, 4.69) is 146 Å². The fourth-order valence-electron chi connectivity index (χ4n) is 7.42. The second-order valence-electron chi connectivity index (χ2n) is 14.6. The van der Waals surface area contributed by atoms with Gasteiger partial charge in [-0.2, -0.15) is 0 Å². The van der Waals surface area contributed by atoms with E-state index in [1.807, 2.05) is 79.0 Å². The number of hydrogen-bond acceptors (Lipinski definition) is 5. The molecule has 0 unspecified atom stereocenters. The van der Waals surface area contributed by atoms with Crippen LogP contribution in [-0.4, -0.2) is 24.9 Å². The second-order valence-corrected chi connectivity index (χ2v) is 14.6. The number of pyridine rings is 3. The van der Waals surface area contributed by atoms with Crippen molar-refractivity contribution in [1.29, 1.82) is 0 Å². The Morgan fingerprint density at radius 3 is 0.967 bits per heavy atom. The molecule has 10 rings (SSSR count). The van der Waals surface area contributed by atoms with Gasteiger partial charge in [-0.1, -0.05) is 182 Å². The number of hydrogen-bond donors (Lipinski definition) is 0. The van der Waals surface area contributed by atoms with Gasteiger partial charge < -0.3 is 0 Å². The van der Waals surface area contributed by atoms with E-state index in [4.69, 9.17) is 24.9 Å². The lowest BCUT2D eigenvalue weighted by Gasteiger charge is -2.13. The summed E-state index contributed by atoms with van der Waals surface area (Å²) in [5.74, 6) is 0.676. The minimum absolute atomic E-state index is 0.676. The summed E-state index contributed by atoms with van der Waals surface area (Å²) in [5, 5.41) is 0. The third kappa shape index (κ3) is 7.76. The molecular formula is C55H37N5. The normalized spacial score (nSPS) is 11.0. The molecule has 0 amide bonds. The van der Waals surface area contributed by atoms with E-state index in [0.29, 0.717) is 5.82 Å². The van der Waals surface area contributed by atoms with E-state index >= 15 is 0 Å². The summed E-state index contributed by atoms with van der Waals surface area (Å²) in [6.45, 7) is 0. The number of rotatable bonds is 9. The minimum Gasteiger partial charge on any atom is -0.254 e. The van der Waals surface area contributed by atoms with Crippen molar-refractivity contribution in [3.63, 3.8) is 0 Å². The summed E-state index contributed by atoms with van der Waals surface area (Å²) in [4.78, 5) is 25.4. The van der Waals surface area contributed by atoms with Gasteiger partial charge in [-0.3, -0.25) is 4.98 Å². The molecule has 0 atom stereocenters.